The molecular weight excluding hydrogens is 114 g/mol. The van der Waals surface area contributed by atoms with Gasteiger partial charge < -0.3 is 5.32 Å². The Morgan fingerprint density at radius 3 is 2.89 bits per heavy atom. The number of rotatable bonds is 0. The molecule has 2 nitrogen and oxygen atoms in total. The minimum Gasteiger partial charge on any atom is -0.353 e. The van der Waals surface area contributed by atoms with Gasteiger partial charge in [-0.25, -0.2) is 4.79 Å². The molecule has 2 heteroatoms. The number of nitrogens with one attached hydrogen (secondary N) is 1. The summed E-state index contributed by atoms with van der Waals surface area (Å²) in [5, 5.41) is 2.74. The lowest BCUT2D eigenvalue weighted by atomic mass is 10.2. The van der Waals surface area contributed by atoms with Gasteiger partial charge in [0.25, 0.3) is 0 Å². The van der Waals surface area contributed by atoms with E-state index in [1.807, 2.05) is 13.0 Å². The second-order valence-electron chi connectivity index (χ2n) is 1.88. The smallest absolute Gasteiger partial charge is 0.150 e. The fraction of sp³-hybridized carbons (Fsp3) is 0.143. The van der Waals surface area contributed by atoms with Crippen LogP contribution < -0.4 is 5.32 Å². The molecule has 0 saturated heterocycles. The van der Waals surface area contributed by atoms with Crippen LogP contribution in [0.15, 0.2) is 29.6 Å². The van der Waals surface area contributed by atoms with Crippen LogP contribution in [0.3, 0.4) is 0 Å². The normalized spacial score (nSPS) is 16.1. The first-order valence-corrected chi connectivity index (χ1v) is 2.69. The SMILES string of the molecule is CC1=CC(=C=O)NC=C1. The lowest BCUT2D eigenvalue weighted by molar-refractivity contribution is 0.566. The van der Waals surface area contributed by atoms with E-state index in [2.05, 4.69) is 5.32 Å². The first-order valence-electron chi connectivity index (χ1n) is 2.69. The predicted molar refractivity (Wildman–Crippen MR) is 35.2 cm³/mol. The van der Waals surface area contributed by atoms with Crippen LogP contribution in [0.25, 0.3) is 0 Å². The Morgan fingerprint density at radius 2 is 2.44 bits per heavy atom. The van der Waals surface area contributed by atoms with Crippen LogP contribution >= 0.6 is 0 Å². The molecule has 0 atom stereocenters. The van der Waals surface area contributed by atoms with E-state index in [0.717, 1.165) is 5.57 Å². The van der Waals surface area contributed by atoms with Gasteiger partial charge >= 0.3 is 0 Å². The number of hydrogen-bond acceptors (Lipinski definition) is 2. The zero-order valence-electron chi connectivity index (χ0n) is 5.14. The molecule has 0 aliphatic carbocycles. The zero-order valence-corrected chi connectivity index (χ0v) is 5.14. The summed E-state index contributed by atoms with van der Waals surface area (Å²) in [4.78, 5) is 10.0. The maximum atomic E-state index is 10.0. The average Bonchev–Trinajstić information content (AvgIpc) is 1.88. The van der Waals surface area contributed by atoms with E-state index in [1.54, 1.807) is 18.2 Å². The van der Waals surface area contributed by atoms with E-state index in [4.69, 9.17) is 0 Å². The summed E-state index contributed by atoms with van der Waals surface area (Å²) in [5.74, 6) is 1.76. The monoisotopic (exact) mass is 121 g/mol. The highest BCUT2D eigenvalue weighted by Gasteiger charge is 1.94. The van der Waals surface area contributed by atoms with Gasteiger partial charge in [0, 0.05) is 6.20 Å². The van der Waals surface area contributed by atoms with E-state index >= 15 is 0 Å². The van der Waals surface area contributed by atoms with Crippen LogP contribution in [0.5, 0.6) is 0 Å². The van der Waals surface area contributed by atoms with Crippen molar-refractivity contribution >= 4 is 5.94 Å². The van der Waals surface area contributed by atoms with Gasteiger partial charge in [0.05, 0.1) is 0 Å². The molecule has 1 aliphatic rings. The first kappa shape index (κ1) is 5.86. The Hall–Kier alpha value is -1.27. The molecule has 1 aliphatic heterocycles. The summed E-state index contributed by atoms with van der Waals surface area (Å²) in [6, 6.07) is 0. The molecule has 0 spiro atoms. The van der Waals surface area contributed by atoms with Gasteiger partial charge in [0.2, 0.25) is 0 Å². The third-order valence-electron chi connectivity index (χ3n) is 1.07. The molecule has 1 heterocycles. The van der Waals surface area contributed by atoms with Crippen molar-refractivity contribution in [1.82, 2.24) is 5.32 Å². The van der Waals surface area contributed by atoms with E-state index in [-0.39, 0.29) is 0 Å². The summed E-state index contributed by atoms with van der Waals surface area (Å²) >= 11 is 0. The molecule has 0 amide bonds. The van der Waals surface area contributed by atoms with Crippen LogP contribution in [0.2, 0.25) is 0 Å². The summed E-state index contributed by atoms with van der Waals surface area (Å²) in [7, 11) is 0. The number of hydrogen-bond donors (Lipinski definition) is 1. The summed E-state index contributed by atoms with van der Waals surface area (Å²) in [5.41, 5.74) is 1.56. The maximum Gasteiger partial charge on any atom is 0.150 e. The molecule has 0 fully saturated rings. The standard InChI is InChI=1S/C7H7NO/c1-6-2-3-8-7(4-6)5-9/h2-4,8H,1H3. The lowest BCUT2D eigenvalue weighted by Gasteiger charge is -2.02. The summed E-state index contributed by atoms with van der Waals surface area (Å²) in [6.45, 7) is 1.93. The van der Waals surface area contributed by atoms with Crippen molar-refractivity contribution in [3.8, 4) is 0 Å². The molecule has 0 aromatic rings. The van der Waals surface area contributed by atoms with Crippen LogP contribution in [0.1, 0.15) is 6.92 Å². The van der Waals surface area contributed by atoms with Crippen molar-refractivity contribution in [2.24, 2.45) is 0 Å². The Bertz CT molecular complexity index is 219. The quantitative estimate of drug-likeness (QED) is 0.479. The lowest BCUT2D eigenvalue weighted by Crippen LogP contribution is -2.06. The fourth-order valence-electron chi connectivity index (χ4n) is 0.639. The minimum atomic E-state index is 0.495. The van der Waals surface area contributed by atoms with Gasteiger partial charge in [-0.2, -0.15) is 0 Å². The fourth-order valence-corrected chi connectivity index (χ4v) is 0.639. The van der Waals surface area contributed by atoms with E-state index in [0.29, 0.717) is 5.70 Å². The van der Waals surface area contributed by atoms with E-state index < -0.39 is 0 Å². The van der Waals surface area contributed by atoms with Gasteiger partial charge in [0.15, 0.2) is 5.94 Å². The second-order valence-corrected chi connectivity index (χ2v) is 1.88. The molecule has 46 valence electrons. The number of carbonyl (C=O) groups excluding carboxylic acids is 1. The van der Waals surface area contributed by atoms with Crippen molar-refractivity contribution < 1.29 is 4.79 Å². The molecule has 0 radical (unpaired) electrons. The van der Waals surface area contributed by atoms with E-state index in [9.17, 15) is 4.79 Å². The average molecular weight is 121 g/mol. The Balaban J connectivity index is 2.90. The van der Waals surface area contributed by atoms with Crippen molar-refractivity contribution in [1.29, 1.82) is 0 Å². The van der Waals surface area contributed by atoms with Gasteiger partial charge in [0.1, 0.15) is 5.70 Å². The molecular formula is C7H7NO. The van der Waals surface area contributed by atoms with Crippen LogP contribution in [-0.2, 0) is 4.79 Å². The van der Waals surface area contributed by atoms with Crippen molar-refractivity contribution in [2.75, 3.05) is 0 Å². The zero-order chi connectivity index (χ0) is 6.69. The van der Waals surface area contributed by atoms with Gasteiger partial charge in [-0.05, 0) is 24.6 Å². The van der Waals surface area contributed by atoms with Crippen molar-refractivity contribution in [2.45, 2.75) is 6.92 Å². The van der Waals surface area contributed by atoms with Gasteiger partial charge in [-0.3, -0.25) is 0 Å². The van der Waals surface area contributed by atoms with Crippen LogP contribution in [0.4, 0.5) is 0 Å². The van der Waals surface area contributed by atoms with E-state index in [1.165, 1.54) is 0 Å². The maximum absolute atomic E-state index is 10.0. The van der Waals surface area contributed by atoms with Crippen LogP contribution in [0, 0.1) is 0 Å². The second kappa shape index (κ2) is 2.33. The number of dihydropyridines is 1. The number of allylic oxidation sites excluding steroid dienone is 3. The highest BCUT2D eigenvalue weighted by molar-refractivity contribution is 5.58. The molecule has 0 aromatic heterocycles. The molecule has 0 unspecified atom stereocenters. The molecule has 0 bridgehead atoms. The third kappa shape index (κ3) is 1.31. The topological polar surface area (TPSA) is 29.1 Å². The van der Waals surface area contributed by atoms with Crippen LogP contribution in [-0.4, -0.2) is 5.94 Å². The Kier molecular flexibility index (Phi) is 1.52. The molecule has 9 heavy (non-hydrogen) atoms. The van der Waals surface area contributed by atoms with Gasteiger partial charge in [-0.15, -0.1) is 0 Å². The highest BCUT2D eigenvalue weighted by atomic mass is 16.1. The molecule has 0 aromatic carbocycles. The Labute approximate surface area is 53.6 Å². The molecule has 0 saturated carbocycles. The largest absolute Gasteiger partial charge is 0.353 e. The third-order valence-corrected chi connectivity index (χ3v) is 1.07. The first-order chi connectivity index (χ1) is 4.33. The molecule has 1 N–H and O–H groups in total. The summed E-state index contributed by atoms with van der Waals surface area (Å²) in [6.07, 6.45) is 5.35. The predicted octanol–water partition coefficient (Wildman–Crippen LogP) is 0.765. The van der Waals surface area contributed by atoms with Crippen molar-refractivity contribution in [3.05, 3.63) is 29.6 Å². The van der Waals surface area contributed by atoms with Gasteiger partial charge in [-0.1, -0.05) is 0 Å². The Morgan fingerprint density at radius 1 is 1.67 bits per heavy atom. The van der Waals surface area contributed by atoms with Crippen molar-refractivity contribution in [3.63, 3.8) is 0 Å². The summed E-state index contributed by atoms with van der Waals surface area (Å²) < 4.78 is 0. The molecule has 1 rings (SSSR count). The highest BCUT2D eigenvalue weighted by Crippen LogP contribution is 2.02. The minimum absolute atomic E-state index is 0.495.